The number of hydrogen-bond acceptors (Lipinski definition) is 2. The zero-order valence-corrected chi connectivity index (χ0v) is 13.4. The molecule has 2 nitrogen and oxygen atoms in total. The van der Waals surface area contributed by atoms with Crippen molar-refractivity contribution in [1.82, 2.24) is 0 Å². The standard InChI is InChI=1S/C19H28O2/c1-3-14-4-7-17(8-5-14)19(20)11-10-15-6-9-18(21-2)12-16(15)13-19/h6,9,12,14,17,20H,3-5,7-8,10-11,13H2,1-2H3. The van der Waals surface area contributed by atoms with Crippen LogP contribution in [0, 0.1) is 11.8 Å². The molecule has 1 aromatic carbocycles. The Hall–Kier alpha value is -1.02. The van der Waals surface area contributed by atoms with Gasteiger partial charge in [-0.25, -0.2) is 0 Å². The number of hydrogen-bond donors (Lipinski definition) is 1. The molecule has 0 radical (unpaired) electrons. The minimum absolute atomic E-state index is 0.486. The lowest BCUT2D eigenvalue weighted by Crippen LogP contribution is -2.44. The first-order valence-corrected chi connectivity index (χ1v) is 8.53. The van der Waals surface area contributed by atoms with Crippen LogP contribution in [0.2, 0.25) is 0 Å². The third-order valence-corrected chi connectivity index (χ3v) is 5.92. The van der Waals surface area contributed by atoms with E-state index in [4.69, 9.17) is 4.74 Å². The quantitative estimate of drug-likeness (QED) is 0.906. The Bertz CT molecular complexity index is 488. The van der Waals surface area contributed by atoms with Crippen molar-refractivity contribution in [1.29, 1.82) is 0 Å². The number of methoxy groups -OCH3 is 1. The first-order chi connectivity index (χ1) is 10.1. The second-order valence-electron chi connectivity index (χ2n) is 7.04. The monoisotopic (exact) mass is 288 g/mol. The van der Waals surface area contributed by atoms with Gasteiger partial charge in [0.25, 0.3) is 0 Å². The first kappa shape index (κ1) is 14.9. The van der Waals surface area contributed by atoms with Crippen LogP contribution in [0.25, 0.3) is 0 Å². The van der Waals surface area contributed by atoms with Crippen molar-refractivity contribution >= 4 is 0 Å². The Labute approximate surface area is 128 Å². The highest BCUT2D eigenvalue weighted by Gasteiger charge is 2.40. The smallest absolute Gasteiger partial charge is 0.119 e. The topological polar surface area (TPSA) is 29.5 Å². The van der Waals surface area contributed by atoms with Gasteiger partial charge < -0.3 is 9.84 Å². The average molecular weight is 288 g/mol. The van der Waals surface area contributed by atoms with Gasteiger partial charge in [-0.15, -0.1) is 0 Å². The third-order valence-electron chi connectivity index (χ3n) is 5.92. The summed E-state index contributed by atoms with van der Waals surface area (Å²) in [5, 5.41) is 11.2. The number of benzene rings is 1. The second kappa shape index (κ2) is 6.00. The molecule has 0 saturated heterocycles. The molecule has 21 heavy (non-hydrogen) atoms. The largest absolute Gasteiger partial charge is 0.497 e. The van der Waals surface area contributed by atoms with E-state index in [9.17, 15) is 5.11 Å². The summed E-state index contributed by atoms with van der Waals surface area (Å²) in [5.74, 6) is 2.29. The van der Waals surface area contributed by atoms with Crippen LogP contribution >= 0.6 is 0 Å². The van der Waals surface area contributed by atoms with Crippen molar-refractivity contribution in [3.05, 3.63) is 29.3 Å². The van der Waals surface area contributed by atoms with Gasteiger partial charge in [0.05, 0.1) is 12.7 Å². The number of aliphatic hydroxyl groups is 1. The van der Waals surface area contributed by atoms with Crippen LogP contribution in [-0.4, -0.2) is 17.8 Å². The average Bonchev–Trinajstić information content (AvgIpc) is 2.54. The van der Waals surface area contributed by atoms with E-state index in [1.807, 2.05) is 6.07 Å². The molecule has 1 unspecified atom stereocenters. The van der Waals surface area contributed by atoms with Crippen molar-refractivity contribution in [2.75, 3.05) is 7.11 Å². The van der Waals surface area contributed by atoms with Gasteiger partial charge in [-0.05, 0) is 60.8 Å². The molecule has 1 aromatic rings. The summed E-state index contributed by atoms with van der Waals surface area (Å²) < 4.78 is 5.34. The lowest BCUT2D eigenvalue weighted by Gasteiger charge is -2.43. The summed E-state index contributed by atoms with van der Waals surface area (Å²) in [6.07, 6.45) is 9.04. The molecule has 1 fully saturated rings. The summed E-state index contributed by atoms with van der Waals surface area (Å²) in [5.41, 5.74) is 2.20. The molecule has 2 aliphatic carbocycles. The van der Waals surface area contributed by atoms with E-state index in [0.717, 1.165) is 30.9 Å². The Morgan fingerprint density at radius 3 is 2.62 bits per heavy atom. The summed E-state index contributed by atoms with van der Waals surface area (Å²) in [7, 11) is 1.71. The van der Waals surface area contributed by atoms with Gasteiger partial charge in [-0.2, -0.15) is 0 Å². The highest BCUT2D eigenvalue weighted by atomic mass is 16.5. The van der Waals surface area contributed by atoms with Crippen molar-refractivity contribution in [3.8, 4) is 5.75 Å². The predicted molar refractivity (Wildman–Crippen MR) is 85.7 cm³/mol. The van der Waals surface area contributed by atoms with E-state index >= 15 is 0 Å². The molecule has 0 aromatic heterocycles. The minimum atomic E-state index is -0.488. The molecule has 1 saturated carbocycles. The fraction of sp³-hybridized carbons (Fsp3) is 0.684. The van der Waals surface area contributed by atoms with Gasteiger partial charge in [0.15, 0.2) is 0 Å². The summed E-state index contributed by atoms with van der Waals surface area (Å²) in [4.78, 5) is 0. The van der Waals surface area contributed by atoms with E-state index in [2.05, 4.69) is 19.1 Å². The summed E-state index contributed by atoms with van der Waals surface area (Å²) in [6, 6.07) is 6.33. The van der Waals surface area contributed by atoms with Crippen molar-refractivity contribution in [2.24, 2.45) is 11.8 Å². The molecule has 0 aliphatic heterocycles. The molecule has 0 spiro atoms. The van der Waals surface area contributed by atoms with E-state index < -0.39 is 5.60 Å². The number of fused-ring (bicyclic) bond motifs is 1. The zero-order chi connectivity index (χ0) is 14.9. The van der Waals surface area contributed by atoms with Crippen LogP contribution in [0.5, 0.6) is 5.75 Å². The van der Waals surface area contributed by atoms with Gasteiger partial charge in [0.2, 0.25) is 0 Å². The van der Waals surface area contributed by atoms with Gasteiger partial charge in [-0.3, -0.25) is 0 Å². The lowest BCUT2D eigenvalue weighted by molar-refractivity contribution is -0.0489. The Morgan fingerprint density at radius 1 is 1.19 bits per heavy atom. The van der Waals surface area contributed by atoms with Crippen LogP contribution in [0.3, 0.4) is 0 Å². The predicted octanol–water partition coefficient (Wildman–Crippen LogP) is 4.13. The molecule has 0 heterocycles. The van der Waals surface area contributed by atoms with Gasteiger partial charge in [-0.1, -0.05) is 32.3 Å². The van der Waals surface area contributed by atoms with E-state index in [1.54, 1.807) is 7.11 Å². The molecule has 1 atom stereocenters. The van der Waals surface area contributed by atoms with Crippen LogP contribution in [0.4, 0.5) is 0 Å². The molecule has 0 bridgehead atoms. The highest BCUT2D eigenvalue weighted by molar-refractivity contribution is 5.38. The van der Waals surface area contributed by atoms with Crippen molar-refractivity contribution in [3.63, 3.8) is 0 Å². The zero-order valence-electron chi connectivity index (χ0n) is 13.4. The normalized spacial score (nSPS) is 32.5. The SMILES string of the molecule is CCC1CCC(C2(O)CCc3ccc(OC)cc3C2)CC1. The Kier molecular flexibility index (Phi) is 4.26. The molecule has 3 rings (SSSR count). The van der Waals surface area contributed by atoms with Crippen molar-refractivity contribution in [2.45, 2.75) is 63.9 Å². The van der Waals surface area contributed by atoms with Crippen LogP contribution in [0.1, 0.15) is 56.6 Å². The first-order valence-electron chi connectivity index (χ1n) is 8.53. The lowest BCUT2D eigenvalue weighted by atomic mass is 9.66. The van der Waals surface area contributed by atoms with Crippen LogP contribution in [0.15, 0.2) is 18.2 Å². The maximum absolute atomic E-state index is 11.2. The summed E-state index contributed by atoms with van der Waals surface area (Å²) in [6.45, 7) is 2.29. The highest BCUT2D eigenvalue weighted by Crippen LogP contribution is 2.43. The van der Waals surface area contributed by atoms with E-state index in [1.165, 1.54) is 43.2 Å². The Balaban J connectivity index is 1.74. The molecule has 2 heteroatoms. The molecular weight excluding hydrogens is 260 g/mol. The molecule has 1 N–H and O–H groups in total. The van der Waals surface area contributed by atoms with Crippen LogP contribution < -0.4 is 4.74 Å². The van der Waals surface area contributed by atoms with Crippen molar-refractivity contribution < 1.29 is 9.84 Å². The second-order valence-corrected chi connectivity index (χ2v) is 7.04. The third kappa shape index (κ3) is 2.96. The molecule has 2 aliphatic rings. The maximum atomic E-state index is 11.2. The fourth-order valence-corrected chi connectivity index (χ4v) is 4.36. The van der Waals surface area contributed by atoms with E-state index in [-0.39, 0.29) is 0 Å². The minimum Gasteiger partial charge on any atom is -0.497 e. The molecular formula is C19H28O2. The summed E-state index contributed by atoms with van der Waals surface area (Å²) >= 11 is 0. The van der Waals surface area contributed by atoms with Crippen LogP contribution in [-0.2, 0) is 12.8 Å². The van der Waals surface area contributed by atoms with Gasteiger partial charge in [0.1, 0.15) is 5.75 Å². The maximum Gasteiger partial charge on any atom is 0.119 e. The van der Waals surface area contributed by atoms with Gasteiger partial charge >= 0.3 is 0 Å². The molecule has 116 valence electrons. The molecule has 0 amide bonds. The number of ether oxygens (including phenoxy) is 1. The Morgan fingerprint density at radius 2 is 1.95 bits per heavy atom. The number of aryl methyl sites for hydroxylation is 1. The van der Waals surface area contributed by atoms with E-state index in [0.29, 0.717) is 5.92 Å². The number of rotatable bonds is 3. The fourth-order valence-electron chi connectivity index (χ4n) is 4.36. The van der Waals surface area contributed by atoms with Gasteiger partial charge in [0, 0.05) is 6.42 Å².